The number of halogens is 1. The number of hydrogen-bond donors (Lipinski definition) is 2. The Morgan fingerprint density at radius 1 is 1.40 bits per heavy atom. The van der Waals surface area contributed by atoms with Crippen molar-refractivity contribution >= 4 is 15.7 Å². The number of benzene rings is 1. The minimum Gasteiger partial charge on any atom is -0.396 e. The van der Waals surface area contributed by atoms with Gasteiger partial charge >= 0.3 is 0 Å². The lowest BCUT2D eigenvalue weighted by Crippen LogP contribution is -2.41. The topological polar surface area (TPSA) is 72.2 Å². The Kier molecular flexibility index (Phi) is 3.81. The van der Waals surface area contributed by atoms with Crippen LogP contribution in [0, 0.1) is 18.2 Å². The monoisotopic (exact) mass is 300 g/mol. The zero-order valence-corrected chi connectivity index (χ0v) is 12.8. The fraction of sp³-hybridized carbons (Fsp3) is 0.571. The molecule has 0 amide bonds. The van der Waals surface area contributed by atoms with Crippen LogP contribution < -0.4 is 10.5 Å². The molecular formula is C14H21FN2O2S. The van der Waals surface area contributed by atoms with Crippen LogP contribution in [-0.2, 0) is 10.0 Å². The Bertz CT molecular complexity index is 603. The first-order chi connectivity index (χ1) is 9.13. The molecule has 0 aromatic heterocycles. The summed E-state index contributed by atoms with van der Waals surface area (Å²) in [4.78, 5) is 0.0246. The molecule has 0 saturated heterocycles. The highest BCUT2D eigenvalue weighted by atomic mass is 32.2. The molecule has 1 aromatic rings. The first kappa shape index (κ1) is 15.3. The van der Waals surface area contributed by atoms with E-state index in [2.05, 4.69) is 18.6 Å². The van der Waals surface area contributed by atoms with Gasteiger partial charge in [0.15, 0.2) is 0 Å². The van der Waals surface area contributed by atoms with Crippen LogP contribution in [0.25, 0.3) is 0 Å². The van der Waals surface area contributed by atoms with E-state index in [-0.39, 0.29) is 27.6 Å². The molecule has 1 aromatic carbocycles. The Morgan fingerprint density at radius 2 is 2.05 bits per heavy atom. The molecule has 1 saturated carbocycles. The third-order valence-corrected chi connectivity index (χ3v) is 5.57. The molecule has 0 bridgehead atoms. The van der Waals surface area contributed by atoms with E-state index >= 15 is 0 Å². The number of nitrogens with two attached hydrogens (primary N) is 1. The van der Waals surface area contributed by atoms with Crippen molar-refractivity contribution in [2.45, 2.75) is 51.0 Å². The van der Waals surface area contributed by atoms with Crippen LogP contribution in [0.1, 0.15) is 38.7 Å². The molecule has 112 valence electrons. The van der Waals surface area contributed by atoms with Gasteiger partial charge in [0.2, 0.25) is 10.0 Å². The first-order valence-corrected chi connectivity index (χ1v) is 8.20. The van der Waals surface area contributed by atoms with Crippen molar-refractivity contribution in [1.29, 1.82) is 0 Å². The van der Waals surface area contributed by atoms with Crippen molar-refractivity contribution < 1.29 is 12.8 Å². The van der Waals surface area contributed by atoms with E-state index in [0.717, 1.165) is 19.3 Å². The first-order valence-electron chi connectivity index (χ1n) is 6.71. The quantitative estimate of drug-likeness (QED) is 0.843. The van der Waals surface area contributed by atoms with Gasteiger partial charge in [0.05, 0.1) is 10.6 Å². The molecule has 1 unspecified atom stereocenters. The van der Waals surface area contributed by atoms with Crippen LogP contribution >= 0.6 is 0 Å². The molecule has 2 rings (SSSR count). The fourth-order valence-electron chi connectivity index (χ4n) is 2.72. The van der Waals surface area contributed by atoms with Gasteiger partial charge in [0.1, 0.15) is 5.82 Å². The number of rotatable bonds is 3. The summed E-state index contributed by atoms with van der Waals surface area (Å²) in [6, 6.07) is 2.39. The largest absolute Gasteiger partial charge is 0.396 e. The highest BCUT2D eigenvalue weighted by Gasteiger charge is 2.37. The third-order valence-electron chi connectivity index (χ3n) is 4.12. The minimum atomic E-state index is -3.67. The van der Waals surface area contributed by atoms with Crippen LogP contribution in [0.2, 0.25) is 0 Å². The maximum atomic E-state index is 13.5. The van der Waals surface area contributed by atoms with Crippen molar-refractivity contribution in [2.75, 3.05) is 5.73 Å². The smallest absolute Gasteiger partial charge is 0.240 e. The predicted molar refractivity (Wildman–Crippen MR) is 77.3 cm³/mol. The maximum absolute atomic E-state index is 13.5. The lowest BCUT2D eigenvalue weighted by molar-refractivity contribution is 0.313. The highest BCUT2D eigenvalue weighted by molar-refractivity contribution is 7.89. The van der Waals surface area contributed by atoms with Crippen LogP contribution in [0.4, 0.5) is 10.1 Å². The second-order valence-electron chi connectivity index (χ2n) is 6.20. The van der Waals surface area contributed by atoms with E-state index in [1.807, 2.05) is 0 Å². The van der Waals surface area contributed by atoms with Gasteiger partial charge < -0.3 is 5.73 Å². The number of hydrogen-bond acceptors (Lipinski definition) is 3. The SMILES string of the molecule is Cc1cc(S(=O)(=O)NC2CCCC2(C)C)cc(N)c1F. The average Bonchev–Trinajstić information content (AvgIpc) is 2.64. The third kappa shape index (κ3) is 2.81. The summed E-state index contributed by atoms with van der Waals surface area (Å²) in [5, 5.41) is 0. The number of aryl methyl sites for hydroxylation is 1. The lowest BCUT2D eigenvalue weighted by atomic mass is 9.88. The fourth-order valence-corrected chi connectivity index (χ4v) is 4.28. The van der Waals surface area contributed by atoms with Gasteiger partial charge in [-0.3, -0.25) is 0 Å². The van der Waals surface area contributed by atoms with Crippen molar-refractivity contribution in [1.82, 2.24) is 4.72 Å². The molecular weight excluding hydrogens is 279 g/mol. The summed E-state index contributed by atoms with van der Waals surface area (Å²) in [5.74, 6) is -0.565. The molecule has 3 N–H and O–H groups in total. The molecule has 1 aliphatic carbocycles. The highest BCUT2D eigenvalue weighted by Crippen LogP contribution is 2.38. The number of sulfonamides is 1. The van der Waals surface area contributed by atoms with Crippen LogP contribution in [0.5, 0.6) is 0 Å². The molecule has 4 nitrogen and oxygen atoms in total. The Hall–Kier alpha value is -1.14. The van der Waals surface area contributed by atoms with Crippen LogP contribution in [0.3, 0.4) is 0 Å². The number of anilines is 1. The number of nitrogen functional groups attached to an aromatic ring is 1. The van der Waals surface area contributed by atoms with Crippen LogP contribution in [-0.4, -0.2) is 14.5 Å². The molecule has 20 heavy (non-hydrogen) atoms. The summed E-state index contributed by atoms with van der Waals surface area (Å²) in [6.45, 7) is 5.61. The molecule has 1 aliphatic rings. The predicted octanol–water partition coefficient (Wildman–Crippen LogP) is 2.57. The standard InChI is InChI=1S/C14H21FN2O2S/c1-9-7-10(8-11(16)13(9)15)20(18,19)17-12-5-4-6-14(12,2)3/h7-8,12,17H,4-6,16H2,1-3H3. The van der Waals surface area contributed by atoms with E-state index < -0.39 is 15.8 Å². The van der Waals surface area contributed by atoms with Crippen LogP contribution in [0.15, 0.2) is 17.0 Å². The van der Waals surface area contributed by atoms with Gasteiger partial charge in [0.25, 0.3) is 0 Å². The van der Waals surface area contributed by atoms with Crippen molar-refractivity contribution in [3.63, 3.8) is 0 Å². The van der Waals surface area contributed by atoms with E-state index in [4.69, 9.17) is 5.73 Å². The molecule has 1 atom stereocenters. The molecule has 0 heterocycles. The summed E-state index contributed by atoms with van der Waals surface area (Å²) in [7, 11) is -3.67. The van der Waals surface area contributed by atoms with E-state index in [9.17, 15) is 12.8 Å². The van der Waals surface area contributed by atoms with Gasteiger partial charge in [-0.1, -0.05) is 20.3 Å². The van der Waals surface area contributed by atoms with Gasteiger partial charge in [0, 0.05) is 6.04 Å². The van der Waals surface area contributed by atoms with Crippen molar-refractivity contribution in [2.24, 2.45) is 5.41 Å². The van der Waals surface area contributed by atoms with E-state index in [1.165, 1.54) is 19.1 Å². The maximum Gasteiger partial charge on any atom is 0.240 e. The molecule has 0 spiro atoms. The summed E-state index contributed by atoms with van der Waals surface area (Å²) >= 11 is 0. The van der Waals surface area contributed by atoms with Gasteiger partial charge in [-0.2, -0.15) is 0 Å². The number of nitrogens with one attached hydrogen (secondary N) is 1. The summed E-state index contributed by atoms with van der Waals surface area (Å²) in [6.07, 6.45) is 2.82. The minimum absolute atomic E-state index is 0.0246. The van der Waals surface area contributed by atoms with Gasteiger partial charge in [-0.15, -0.1) is 0 Å². The van der Waals surface area contributed by atoms with E-state index in [1.54, 1.807) is 0 Å². The molecule has 1 fully saturated rings. The Labute approximate surface area is 119 Å². The van der Waals surface area contributed by atoms with E-state index in [0.29, 0.717) is 0 Å². The zero-order chi connectivity index (χ0) is 15.1. The summed E-state index contributed by atoms with van der Waals surface area (Å²) < 4.78 is 41.0. The molecule has 0 radical (unpaired) electrons. The Balaban J connectivity index is 2.32. The zero-order valence-electron chi connectivity index (χ0n) is 12.0. The lowest BCUT2D eigenvalue weighted by Gasteiger charge is -2.27. The average molecular weight is 300 g/mol. The second-order valence-corrected chi connectivity index (χ2v) is 7.91. The van der Waals surface area contributed by atoms with Crippen molar-refractivity contribution in [3.8, 4) is 0 Å². The molecule has 6 heteroatoms. The van der Waals surface area contributed by atoms with Gasteiger partial charge in [-0.25, -0.2) is 17.5 Å². The van der Waals surface area contributed by atoms with Gasteiger partial charge in [-0.05, 0) is 42.9 Å². The normalized spacial score (nSPS) is 22.1. The second kappa shape index (κ2) is 5.00. The summed E-state index contributed by atoms with van der Waals surface area (Å²) in [5.41, 5.74) is 5.54. The Morgan fingerprint density at radius 3 is 2.55 bits per heavy atom. The molecule has 0 aliphatic heterocycles. The van der Waals surface area contributed by atoms with Crippen molar-refractivity contribution in [3.05, 3.63) is 23.5 Å².